The molecule has 2 heteroatoms. The first-order valence-corrected chi connectivity index (χ1v) is 5.90. The van der Waals surface area contributed by atoms with Gasteiger partial charge in [0.25, 0.3) is 0 Å². The Kier molecular flexibility index (Phi) is 12.0. The minimum Gasteiger partial charge on any atom is -0.404 e. The number of ketones is 1. The molecule has 0 spiro atoms. The fourth-order valence-electron chi connectivity index (χ4n) is 1.34. The van der Waals surface area contributed by atoms with Crippen LogP contribution in [-0.4, -0.2) is 5.78 Å². The van der Waals surface area contributed by atoms with E-state index in [4.69, 9.17) is 5.73 Å². The largest absolute Gasteiger partial charge is 0.404 e. The van der Waals surface area contributed by atoms with Crippen molar-refractivity contribution in [3.05, 3.63) is 23.4 Å². The van der Waals surface area contributed by atoms with Crippen LogP contribution in [0.3, 0.4) is 0 Å². The van der Waals surface area contributed by atoms with Crippen LogP contribution in [-0.2, 0) is 4.79 Å². The smallest absolute Gasteiger partial charge is 0.186 e. The van der Waals surface area contributed by atoms with Gasteiger partial charge in [-0.1, -0.05) is 33.8 Å². The summed E-state index contributed by atoms with van der Waals surface area (Å²) in [6.07, 6.45) is 6.11. The molecule has 0 unspecified atom stereocenters. The van der Waals surface area contributed by atoms with Crippen molar-refractivity contribution in [2.24, 2.45) is 5.73 Å². The molecule has 2 N–H and O–H groups in total. The average Bonchev–Trinajstić information content (AvgIpc) is 2.34. The molecule has 0 heterocycles. The highest BCUT2D eigenvalue weighted by molar-refractivity contribution is 6.08. The predicted octanol–water partition coefficient (Wildman–Crippen LogP) is 3.58. The number of Topliss-reactive ketones (excluding diaryl/α,β-unsaturated/α-hetero) is 1. The molecule has 0 saturated heterocycles. The molecule has 1 fully saturated rings. The van der Waals surface area contributed by atoms with E-state index < -0.39 is 0 Å². The molecule has 2 nitrogen and oxygen atoms in total. The summed E-state index contributed by atoms with van der Waals surface area (Å²) in [4.78, 5) is 11.4. The van der Waals surface area contributed by atoms with E-state index in [-0.39, 0.29) is 5.78 Å². The molecule has 0 aliphatic heterocycles. The monoisotopic (exact) mass is 211 g/mol. The van der Waals surface area contributed by atoms with E-state index in [0.29, 0.717) is 0 Å². The molecule has 0 bridgehead atoms. The van der Waals surface area contributed by atoms with Gasteiger partial charge < -0.3 is 5.73 Å². The van der Waals surface area contributed by atoms with Crippen molar-refractivity contribution in [2.75, 3.05) is 0 Å². The molecular formula is C13H25NO. The van der Waals surface area contributed by atoms with Crippen molar-refractivity contribution in [3.8, 4) is 0 Å². The van der Waals surface area contributed by atoms with Crippen LogP contribution in [0.25, 0.3) is 0 Å². The number of carbonyl (C=O) groups is 1. The maximum absolute atomic E-state index is 11.4. The number of allylic oxidation sites excluding steroid dienone is 3. The summed E-state index contributed by atoms with van der Waals surface area (Å²) in [7, 11) is 0. The summed E-state index contributed by atoms with van der Waals surface area (Å²) in [6, 6.07) is 0. The van der Waals surface area contributed by atoms with Crippen molar-refractivity contribution in [1.29, 1.82) is 0 Å². The summed E-state index contributed by atoms with van der Waals surface area (Å²) in [6.45, 7) is 9.90. The highest BCUT2D eigenvalue weighted by Gasteiger charge is 2.18. The lowest BCUT2D eigenvalue weighted by molar-refractivity contribution is -0.113. The minimum absolute atomic E-state index is 0.140. The van der Waals surface area contributed by atoms with Crippen LogP contribution < -0.4 is 5.73 Å². The van der Waals surface area contributed by atoms with Crippen molar-refractivity contribution < 1.29 is 4.79 Å². The molecule has 1 aliphatic carbocycles. The third kappa shape index (κ3) is 5.40. The Bertz CT molecular complexity index is 205. The van der Waals surface area contributed by atoms with Gasteiger partial charge in [0, 0.05) is 11.8 Å². The average molecular weight is 211 g/mol. The number of hydrogen-bond donors (Lipinski definition) is 1. The Balaban J connectivity index is 0. The van der Waals surface area contributed by atoms with Crippen LogP contribution >= 0.6 is 0 Å². The summed E-state index contributed by atoms with van der Waals surface area (Å²) in [5, 5.41) is 0. The van der Waals surface area contributed by atoms with Crippen molar-refractivity contribution in [2.45, 2.75) is 53.9 Å². The van der Waals surface area contributed by atoms with Gasteiger partial charge in [0.2, 0.25) is 0 Å². The van der Waals surface area contributed by atoms with Crippen LogP contribution in [0.2, 0.25) is 0 Å². The number of nitrogens with two attached hydrogens (primary N) is 1. The molecule has 0 aromatic heterocycles. The zero-order valence-corrected chi connectivity index (χ0v) is 10.8. The van der Waals surface area contributed by atoms with Gasteiger partial charge in [-0.05, 0) is 31.8 Å². The normalized spacial score (nSPS) is 20.2. The lowest BCUT2D eigenvalue weighted by Gasteiger charge is -2.14. The minimum atomic E-state index is 0.140. The molecule has 0 atom stereocenters. The standard InChI is InChI=1S/C9H13NO.2C2H6/c1-2-7-4-3-5-8(6-10)9(7)11;2*1-2/h2,6H,3-5,10H2,1H3;2*1-2H3/b7-2+,8-6+;;. The predicted molar refractivity (Wildman–Crippen MR) is 67.6 cm³/mol. The molecule has 1 saturated carbocycles. The van der Waals surface area contributed by atoms with Crippen LogP contribution in [0, 0.1) is 0 Å². The van der Waals surface area contributed by atoms with Crippen LogP contribution in [0.5, 0.6) is 0 Å². The van der Waals surface area contributed by atoms with E-state index >= 15 is 0 Å². The van der Waals surface area contributed by atoms with E-state index in [2.05, 4.69) is 0 Å². The number of hydrogen-bond acceptors (Lipinski definition) is 2. The van der Waals surface area contributed by atoms with Gasteiger partial charge in [0.1, 0.15) is 0 Å². The molecule has 15 heavy (non-hydrogen) atoms. The van der Waals surface area contributed by atoms with E-state index in [1.807, 2.05) is 40.7 Å². The molecule has 0 radical (unpaired) electrons. The number of carbonyl (C=O) groups excluding carboxylic acids is 1. The first kappa shape index (κ1) is 16.4. The second-order valence-electron chi connectivity index (χ2n) is 2.69. The molecule has 1 rings (SSSR count). The SMILES string of the molecule is C/C=C1\CCC/C(=C\N)C1=O.CC.CC. The summed E-state index contributed by atoms with van der Waals surface area (Å²) in [5.74, 6) is 0.140. The second-order valence-corrected chi connectivity index (χ2v) is 2.69. The Labute approximate surface area is 94.2 Å². The quantitative estimate of drug-likeness (QED) is 0.622. The van der Waals surface area contributed by atoms with Gasteiger partial charge in [-0.25, -0.2) is 0 Å². The number of rotatable bonds is 0. The third-order valence-electron chi connectivity index (χ3n) is 2.03. The Morgan fingerprint density at radius 3 is 1.93 bits per heavy atom. The van der Waals surface area contributed by atoms with Gasteiger partial charge in [0.15, 0.2) is 5.78 Å². The van der Waals surface area contributed by atoms with Crippen LogP contribution in [0.4, 0.5) is 0 Å². The maximum Gasteiger partial charge on any atom is 0.186 e. The van der Waals surface area contributed by atoms with Crippen molar-refractivity contribution >= 4 is 5.78 Å². The zero-order valence-electron chi connectivity index (χ0n) is 10.8. The third-order valence-corrected chi connectivity index (χ3v) is 2.03. The van der Waals surface area contributed by atoms with Gasteiger partial charge in [-0.15, -0.1) is 0 Å². The van der Waals surface area contributed by atoms with Crippen molar-refractivity contribution in [3.63, 3.8) is 0 Å². The van der Waals surface area contributed by atoms with E-state index in [0.717, 1.165) is 30.4 Å². The van der Waals surface area contributed by atoms with Crippen LogP contribution in [0.1, 0.15) is 53.9 Å². The molecule has 0 amide bonds. The summed E-state index contributed by atoms with van der Waals surface area (Å²) in [5.41, 5.74) is 6.98. The van der Waals surface area contributed by atoms with Crippen molar-refractivity contribution in [1.82, 2.24) is 0 Å². The highest BCUT2D eigenvalue weighted by atomic mass is 16.1. The van der Waals surface area contributed by atoms with Gasteiger partial charge in [0.05, 0.1) is 0 Å². The van der Waals surface area contributed by atoms with E-state index in [1.54, 1.807) is 0 Å². The molecule has 1 aliphatic rings. The highest BCUT2D eigenvalue weighted by Crippen LogP contribution is 2.23. The Morgan fingerprint density at radius 1 is 1.07 bits per heavy atom. The van der Waals surface area contributed by atoms with Gasteiger partial charge in [-0.3, -0.25) is 4.79 Å². The topological polar surface area (TPSA) is 43.1 Å². The van der Waals surface area contributed by atoms with Gasteiger partial charge >= 0.3 is 0 Å². The fraction of sp³-hybridized carbons (Fsp3) is 0.615. The molecule has 88 valence electrons. The summed E-state index contributed by atoms with van der Waals surface area (Å²) < 4.78 is 0. The second kappa shape index (κ2) is 11.0. The first-order valence-electron chi connectivity index (χ1n) is 5.90. The molecular weight excluding hydrogens is 186 g/mol. The fourth-order valence-corrected chi connectivity index (χ4v) is 1.34. The lowest BCUT2D eigenvalue weighted by Crippen LogP contribution is -2.13. The lowest BCUT2D eigenvalue weighted by atomic mass is 9.89. The van der Waals surface area contributed by atoms with E-state index in [9.17, 15) is 4.79 Å². The molecule has 0 aromatic rings. The maximum atomic E-state index is 11.4. The van der Waals surface area contributed by atoms with E-state index in [1.165, 1.54) is 6.20 Å². The molecule has 0 aromatic carbocycles. The first-order chi connectivity index (χ1) is 7.29. The Morgan fingerprint density at radius 2 is 1.53 bits per heavy atom. The van der Waals surface area contributed by atoms with Crippen LogP contribution in [0.15, 0.2) is 23.4 Å². The Hall–Kier alpha value is -1.05. The zero-order chi connectivity index (χ0) is 12.3. The van der Waals surface area contributed by atoms with Gasteiger partial charge in [-0.2, -0.15) is 0 Å². The summed E-state index contributed by atoms with van der Waals surface area (Å²) >= 11 is 0.